The van der Waals surface area contributed by atoms with Gasteiger partial charge < -0.3 is 4.90 Å². The Morgan fingerprint density at radius 3 is 2.43 bits per heavy atom. The zero-order chi connectivity index (χ0) is 10.2. The van der Waals surface area contributed by atoms with E-state index in [2.05, 4.69) is 42.7 Å². The van der Waals surface area contributed by atoms with Crippen LogP contribution < -0.4 is 5.32 Å². The van der Waals surface area contributed by atoms with Gasteiger partial charge in [-0.15, -0.1) is 11.8 Å². The van der Waals surface area contributed by atoms with Crippen molar-refractivity contribution in [1.29, 1.82) is 0 Å². The average molecular weight is 214 g/mol. The van der Waals surface area contributed by atoms with Gasteiger partial charge in [0.25, 0.3) is 0 Å². The van der Waals surface area contributed by atoms with Gasteiger partial charge in [0.2, 0.25) is 0 Å². The van der Waals surface area contributed by atoms with Crippen LogP contribution in [0.3, 0.4) is 0 Å². The van der Waals surface area contributed by atoms with Gasteiger partial charge in [-0.3, -0.25) is 5.32 Å². The van der Waals surface area contributed by atoms with E-state index in [-0.39, 0.29) is 0 Å². The molecule has 2 rings (SSSR count). The van der Waals surface area contributed by atoms with Crippen LogP contribution in [-0.4, -0.2) is 40.7 Å². The number of rotatable bonds is 1. The molecule has 2 heterocycles. The molecule has 1 spiro atoms. The zero-order valence-corrected chi connectivity index (χ0v) is 10.4. The summed E-state index contributed by atoms with van der Waals surface area (Å²) in [5, 5.41) is 3.76. The van der Waals surface area contributed by atoms with Crippen molar-refractivity contribution in [2.45, 2.75) is 50.6 Å². The summed E-state index contributed by atoms with van der Waals surface area (Å²) in [4.78, 5) is 3.03. The van der Waals surface area contributed by atoms with E-state index < -0.39 is 0 Å². The highest BCUT2D eigenvalue weighted by Gasteiger charge is 2.40. The predicted octanol–water partition coefficient (Wildman–Crippen LogP) is 1.91. The first-order valence-electron chi connectivity index (χ1n) is 5.77. The molecule has 2 fully saturated rings. The standard InChI is InChI=1S/C11H22N2S/c1-9(2)13-6-4-11(5-7-13)12-10(3)8-14-11/h9-10,12H,4-8H2,1-3H3. The maximum atomic E-state index is 3.76. The Bertz CT molecular complexity index is 197. The topological polar surface area (TPSA) is 15.3 Å². The smallest absolute Gasteiger partial charge is 0.0672 e. The lowest BCUT2D eigenvalue weighted by Crippen LogP contribution is -2.51. The first-order chi connectivity index (χ1) is 6.61. The fraction of sp³-hybridized carbons (Fsp3) is 1.00. The highest BCUT2D eigenvalue weighted by molar-refractivity contribution is 8.00. The van der Waals surface area contributed by atoms with E-state index in [1.54, 1.807) is 0 Å². The summed E-state index contributed by atoms with van der Waals surface area (Å²) in [6, 6.07) is 1.43. The number of thioether (sulfide) groups is 1. The first-order valence-corrected chi connectivity index (χ1v) is 6.76. The quantitative estimate of drug-likeness (QED) is 0.718. The van der Waals surface area contributed by atoms with Crippen LogP contribution in [0, 0.1) is 0 Å². The van der Waals surface area contributed by atoms with Crippen LogP contribution in [0.25, 0.3) is 0 Å². The molecular formula is C11H22N2S. The maximum Gasteiger partial charge on any atom is 0.0672 e. The van der Waals surface area contributed by atoms with Gasteiger partial charge in [-0.25, -0.2) is 0 Å². The lowest BCUT2D eigenvalue weighted by molar-refractivity contribution is 0.150. The van der Waals surface area contributed by atoms with Crippen molar-refractivity contribution in [3.63, 3.8) is 0 Å². The van der Waals surface area contributed by atoms with Crippen molar-refractivity contribution < 1.29 is 0 Å². The van der Waals surface area contributed by atoms with Crippen LogP contribution >= 0.6 is 11.8 Å². The molecule has 1 N–H and O–H groups in total. The largest absolute Gasteiger partial charge is 0.301 e. The van der Waals surface area contributed by atoms with Gasteiger partial charge in [0.1, 0.15) is 0 Å². The molecule has 0 aromatic carbocycles. The fourth-order valence-corrected chi connectivity index (χ4v) is 3.92. The molecule has 1 atom stereocenters. The second-order valence-corrected chi connectivity index (χ2v) is 6.38. The summed E-state index contributed by atoms with van der Waals surface area (Å²) in [5.41, 5.74) is 0. The van der Waals surface area contributed by atoms with Gasteiger partial charge in [0.05, 0.1) is 4.87 Å². The maximum absolute atomic E-state index is 3.76. The Labute approximate surface area is 91.8 Å². The van der Waals surface area contributed by atoms with E-state index in [9.17, 15) is 0 Å². The van der Waals surface area contributed by atoms with Crippen molar-refractivity contribution in [1.82, 2.24) is 10.2 Å². The number of hydrogen-bond donors (Lipinski definition) is 1. The van der Waals surface area contributed by atoms with Crippen LogP contribution in [0.15, 0.2) is 0 Å². The lowest BCUT2D eigenvalue weighted by atomic mass is 10.0. The third-order valence-corrected chi connectivity index (χ3v) is 5.20. The number of nitrogens with one attached hydrogen (secondary N) is 1. The van der Waals surface area contributed by atoms with E-state index in [0.717, 1.165) is 6.04 Å². The summed E-state index contributed by atoms with van der Waals surface area (Å²) in [7, 11) is 0. The Morgan fingerprint density at radius 1 is 1.36 bits per heavy atom. The van der Waals surface area contributed by atoms with Crippen LogP contribution in [0.5, 0.6) is 0 Å². The van der Waals surface area contributed by atoms with Crippen LogP contribution in [0.2, 0.25) is 0 Å². The van der Waals surface area contributed by atoms with Crippen LogP contribution in [0.4, 0.5) is 0 Å². The first kappa shape index (κ1) is 10.8. The summed E-state index contributed by atoms with van der Waals surface area (Å²) < 4.78 is 0. The molecule has 2 nitrogen and oxygen atoms in total. The van der Waals surface area contributed by atoms with E-state index in [0.29, 0.717) is 10.9 Å². The molecule has 0 saturated carbocycles. The SMILES string of the molecule is CC1CSC2(CCN(C(C)C)CC2)N1. The number of likely N-dealkylation sites (tertiary alicyclic amines) is 1. The van der Waals surface area contributed by atoms with Crippen molar-refractivity contribution in [3.8, 4) is 0 Å². The minimum atomic E-state index is 0.435. The summed E-state index contributed by atoms with van der Waals surface area (Å²) in [5.74, 6) is 1.29. The second kappa shape index (κ2) is 4.03. The third kappa shape index (κ3) is 2.10. The third-order valence-electron chi connectivity index (χ3n) is 3.46. The molecule has 1 unspecified atom stereocenters. The van der Waals surface area contributed by atoms with E-state index in [4.69, 9.17) is 0 Å². The van der Waals surface area contributed by atoms with E-state index in [1.807, 2.05) is 0 Å². The summed E-state index contributed by atoms with van der Waals surface area (Å²) in [6.45, 7) is 9.44. The van der Waals surface area contributed by atoms with Crippen molar-refractivity contribution in [2.75, 3.05) is 18.8 Å². The Morgan fingerprint density at radius 2 is 2.00 bits per heavy atom. The van der Waals surface area contributed by atoms with Crippen LogP contribution in [0.1, 0.15) is 33.6 Å². The predicted molar refractivity (Wildman–Crippen MR) is 63.7 cm³/mol. The molecule has 2 saturated heterocycles. The molecule has 2 aliphatic rings. The van der Waals surface area contributed by atoms with Gasteiger partial charge in [0, 0.05) is 30.9 Å². The average Bonchev–Trinajstić information content (AvgIpc) is 2.48. The minimum absolute atomic E-state index is 0.435. The van der Waals surface area contributed by atoms with Gasteiger partial charge in [0.15, 0.2) is 0 Å². The van der Waals surface area contributed by atoms with Gasteiger partial charge in [-0.1, -0.05) is 0 Å². The highest BCUT2D eigenvalue weighted by atomic mass is 32.2. The molecule has 0 aromatic heterocycles. The fourth-order valence-electron chi connectivity index (χ4n) is 2.51. The van der Waals surface area contributed by atoms with Crippen LogP contribution in [-0.2, 0) is 0 Å². The number of hydrogen-bond acceptors (Lipinski definition) is 3. The molecule has 0 radical (unpaired) electrons. The van der Waals surface area contributed by atoms with Crippen molar-refractivity contribution in [3.05, 3.63) is 0 Å². The second-order valence-electron chi connectivity index (χ2n) is 4.98. The van der Waals surface area contributed by atoms with E-state index in [1.165, 1.54) is 31.7 Å². The lowest BCUT2D eigenvalue weighted by Gasteiger charge is -2.40. The minimum Gasteiger partial charge on any atom is -0.301 e. The Kier molecular flexibility index (Phi) is 3.10. The van der Waals surface area contributed by atoms with Gasteiger partial charge >= 0.3 is 0 Å². The monoisotopic (exact) mass is 214 g/mol. The summed E-state index contributed by atoms with van der Waals surface area (Å²) in [6.07, 6.45) is 2.64. The molecule has 0 aliphatic carbocycles. The van der Waals surface area contributed by atoms with E-state index >= 15 is 0 Å². The van der Waals surface area contributed by atoms with Crippen molar-refractivity contribution in [2.24, 2.45) is 0 Å². The van der Waals surface area contributed by atoms with Gasteiger partial charge in [-0.2, -0.15) is 0 Å². The normalized spacial score (nSPS) is 33.0. The molecule has 2 aliphatic heterocycles. The molecule has 0 aromatic rings. The highest BCUT2D eigenvalue weighted by Crippen LogP contribution is 2.39. The Hall–Kier alpha value is 0.270. The number of nitrogens with zero attached hydrogens (tertiary/aromatic N) is 1. The number of piperidine rings is 1. The molecule has 0 amide bonds. The van der Waals surface area contributed by atoms with Crippen molar-refractivity contribution >= 4 is 11.8 Å². The molecule has 3 heteroatoms. The van der Waals surface area contributed by atoms with Gasteiger partial charge in [-0.05, 0) is 33.6 Å². The summed E-state index contributed by atoms with van der Waals surface area (Å²) >= 11 is 2.15. The molecular weight excluding hydrogens is 192 g/mol. The Balaban J connectivity index is 1.89. The zero-order valence-electron chi connectivity index (χ0n) is 9.55. The molecule has 82 valence electrons. The molecule has 0 bridgehead atoms. The molecule has 14 heavy (non-hydrogen) atoms.